The number of hydrogen-bond acceptors (Lipinski definition) is 4. The Morgan fingerprint density at radius 3 is 2.32 bits per heavy atom. The van der Waals surface area contributed by atoms with Crippen LogP contribution in [0, 0.1) is 6.92 Å². The molecule has 3 rings (SSSR count). The third kappa shape index (κ3) is 5.20. The van der Waals surface area contributed by atoms with Crippen LogP contribution in [0.1, 0.15) is 11.1 Å². The molecule has 0 bridgehead atoms. The average Bonchev–Trinajstić information content (AvgIpc) is 2.74. The number of benzene rings is 3. The van der Waals surface area contributed by atoms with Crippen LogP contribution < -0.4 is 15.1 Å². The van der Waals surface area contributed by atoms with Gasteiger partial charge in [0.2, 0.25) is 0 Å². The van der Waals surface area contributed by atoms with Crippen LogP contribution in [0.4, 0.5) is 11.4 Å². The number of hydrogen-bond donors (Lipinski definition) is 1. The number of hydrazone groups is 1. The Morgan fingerprint density at radius 2 is 1.61 bits per heavy atom. The summed E-state index contributed by atoms with van der Waals surface area (Å²) in [5.74, 6) is 0.389. The number of carbonyl (C=O) groups is 1. The Bertz CT molecular complexity index is 938. The van der Waals surface area contributed by atoms with Crippen molar-refractivity contribution in [3.63, 3.8) is 0 Å². The number of anilines is 2. The molecule has 0 saturated carbocycles. The van der Waals surface area contributed by atoms with Gasteiger partial charge in [-0.3, -0.25) is 4.79 Å². The van der Waals surface area contributed by atoms with E-state index in [1.54, 1.807) is 6.21 Å². The third-order valence-electron chi connectivity index (χ3n) is 4.28. The number of para-hydroxylation sites is 2. The molecule has 0 radical (unpaired) electrons. The Kier molecular flexibility index (Phi) is 6.41. The molecular formula is C23H23N3O2. The number of rotatable bonds is 7. The summed E-state index contributed by atoms with van der Waals surface area (Å²) in [6, 6.07) is 25.6. The monoisotopic (exact) mass is 373 g/mol. The highest BCUT2D eigenvalue weighted by atomic mass is 16.5. The summed E-state index contributed by atoms with van der Waals surface area (Å²) in [5, 5.41) is 3.99. The molecule has 0 aromatic heterocycles. The maximum atomic E-state index is 11.9. The summed E-state index contributed by atoms with van der Waals surface area (Å²) in [6.07, 6.45) is 1.61. The lowest BCUT2D eigenvalue weighted by molar-refractivity contribution is -0.123. The second-order valence-electron chi connectivity index (χ2n) is 6.33. The second-order valence-corrected chi connectivity index (χ2v) is 6.33. The van der Waals surface area contributed by atoms with Crippen LogP contribution in [-0.4, -0.2) is 25.8 Å². The quantitative estimate of drug-likeness (QED) is 0.496. The van der Waals surface area contributed by atoms with Gasteiger partial charge in [-0.25, -0.2) is 5.43 Å². The predicted octanol–water partition coefficient (Wildman–Crippen LogP) is 4.29. The van der Waals surface area contributed by atoms with Crippen LogP contribution in [0.15, 0.2) is 84.0 Å². The van der Waals surface area contributed by atoms with E-state index in [2.05, 4.69) is 27.6 Å². The van der Waals surface area contributed by atoms with Crippen LogP contribution in [0.3, 0.4) is 0 Å². The molecule has 0 saturated heterocycles. The zero-order valence-electron chi connectivity index (χ0n) is 16.0. The molecule has 142 valence electrons. The van der Waals surface area contributed by atoms with Gasteiger partial charge in [0.05, 0.1) is 6.21 Å². The normalized spacial score (nSPS) is 10.6. The van der Waals surface area contributed by atoms with Gasteiger partial charge in [0.1, 0.15) is 5.75 Å². The van der Waals surface area contributed by atoms with Gasteiger partial charge in [0.25, 0.3) is 5.91 Å². The molecule has 0 aliphatic heterocycles. The molecule has 0 heterocycles. The van der Waals surface area contributed by atoms with Crippen molar-refractivity contribution in [3.8, 4) is 5.75 Å². The number of nitrogens with one attached hydrogen (secondary N) is 1. The molecule has 0 spiro atoms. The van der Waals surface area contributed by atoms with E-state index in [4.69, 9.17) is 4.74 Å². The smallest absolute Gasteiger partial charge is 0.277 e. The Labute approximate surface area is 165 Å². The lowest BCUT2D eigenvalue weighted by atomic mass is 10.2. The Balaban J connectivity index is 1.50. The topological polar surface area (TPSA) is 53.9 Å². The van der Waals surface area contributed by atoms with Gasteiger partial charge in [-0.1, -0.05) is 48.5 Å². The van der Waals surface area contributed by atoms with Gasteiger partial charge in [-0.2, -0.15) is 5.10 Å². The molecule has 5 nitrogen and oxygen atoms in total. The number of nitrogens with zero attached hydrogens (tertiary/aromatic N) is 2. The van der Waals surface area contributed by atoms with Crippen molar-refractivity contribution in [2.45, 2.75) is 6.92 Å². The molecule has 0 aliphatic rings. The minimum Gasteiger partial charge on any atom is -0.483 e. The molecule has 1 N–H and O–H groups in total. The first kappa shape index (κ1) is 19.2. The van der Waals surface area contributed by atoms with E-state index in [0.29, 0.717) is 5.75 Å². The lowest BCUT2D eigenvalue weighted by Crippen LogP contribution is -2.24. The number of amides is 1. The fourth-order valence-corrected chi connectivity index (χ4v) is 2.66. The minimum absolute atomic E-state index is 0.0804. The highest BCUT2D eigenvalue weighted by Crippen LogP contribution is 2.22. The third-order valence-corrected chi connectivity index (χ3v) is 4.28. The van der Waals surface area contributed by atoms with E-state index in [9.17, 15) is 4.79 Å². The molecule has 28 heavy (non-hydrogen) atoms. The molecule has 0 aliphatic carbocycles. The molecule has 1 amide bonds. The Morgan fingerprint density at radius 1 is 0.964 bits per heavy atom. The van der Waals surface area contributed by atoms with E-state index in [0.717, 1.165) is 22.5 Å². The van der Waals surface area contributed by atoms with E-state index < -0.39 is 0 Å². The minimum atomic E-state index is -0.306. The maximum absolute atomic E-state index is 11.9. The first-order valence-corrected chi connectivity index (χ1v) is 9.02. The second kappa shape index (κ2) is 9.37. The van der Waals surface area contributed by atoms with Gasteiger partial charge in [0, 0.05) is 18.4 Å². The zero-order chi connectivity index (χ0) is 19.8. The van der Waals surface area contributed by atoms with Gasteiger partial charge in [-0.05, 0) is 48.4 Å². The summed E-state index contributed by atoms with van der Waals surface area (Å²) in [7, 11) is 2.02. The van der Waals surface area contributed by atoms with Gasteiger partial charge in [0.15, 0.2) is 6.61 Å². The van der Waals surface area contributed by atoms with E-state index in [1.165, 1.54) is 0 Å². The lowest BCUT2D eigenvalue weighted by Gasteiger charge is -2.19. The van der Waals surface area contributed by atoms with Crippen molar-refractivity contribution < 1.29 is 9.53 Å². The number of ether oxygens (including phenoxy) is 1. The molecule has 0 fully saturated rings. The van der Waals surface area contributed by atoms with Crippen molar-refractivity contribution in [1.29, 1.82) is 0 Å². The van der Waals surface area contributed by atoms with Crippen LogP contribution in [0.2, 0.25) is 0 Å². The van der Waals surface area contributed by atoms with E-state index in [1.807, 2.05) is 80.7 Å². The maximum Gasteiger partial charge on any atom is 0.277 e. The summed E-state index contributed by atoms with van der Waals surface area (Å²) in [4.78, 5) is 14.0. The van der Waals surface area contributed by atoms with Crippen LogP contribution in [-0.2, 0) is 4.79 Å². The first-order valence-electron chi connectivity index (χ1n) is 9.02. The standard InChI is InChI=1S/C23H23N3O2/c1-18-8-6-7-11-22(18)28-17-23(27)25-24-16-19-12-14-21(15-13-19)26(2)20-9-4-3-5-10-20/h3-16H,17H2,1-2H3,(H,25,27). The number of aryl methyl sites for hydroxylation is 1. The van der Waals surface area contributed by atoms with E-state index in [-0.39, 0.29) is 12.5 Å². The molecule has 0 atom stereocenters. The zero-order valence-corrected chi connectivity index (χ0v) is 16.0. The summed E-state index contributed by atoms with van der Waals surface area (Å²) >= 11 is 0. The molecule has 3 aromatic carbocycles. The molecule has 5 heteroatoms. The van der Waals surface area contributed by atoms with E-state index >= 15 is 0 Å². The van der Waals surface area contributed by atoms with Gasteiger partial charge < -0.3 is 9.64 Å². The summed E-state index contributed by atoms with van der Waals surface area (Å²) in [6.45, 7) is 1.85. The van der Waals surface area contributed by atoms with Crippen LogP contribution in [0.5, 0.6) is 5.75 Å². The van der Waals surface area contributed by atoms with Gasteiger partial charge in [-0.15, -0.1) is 0 Å². The molecule has 0 unspecified atom stereocenters. The summed E-state index contributed by atoms with van der Waals surface area (Å²) < 4.78 is 5.49. The first-order chi connectivity index (χ1) is 13.6. The fraction of sp³-hybridized carbons (Fsp3) is 0.130. The van der Waals surface area contributed by atoms with Crippen molar-refractivity contribution in [3.05, 3.63) is 90.0 Å². The largest absolute Gasteiger partial charge is 0.483 e. The SMILES string of the molecule is Cc1ccccc1OCC(=O)NN=Cc1ccc(N(C)c2ccccc2)cc1. The highest BCUT2D eigenvalue weighted by Gasteiger charge is 2.04. The van der Waals surface area contributed by atoms with Crippen LogP contribution >= 0.6 is 0 Å². The van der Waals surface area contributed by atoms with Crippen molar-refractivity contribution in [2.75, 3.05) is 18.6 Å². The van der Waals surface area contributed by atoms with Crippen molar-refractivity contribution >= 4 is 23.5 Å². The highest BCUT2D eigenvalue weighted by molar-refractivity contribution is 5.83. The van der Waals surface area contributed by atoms with Crippen molar-refractivity contribution in [2.24, 2.45) is 5.10 Å². The van der Waals surface area contributed by atoms with Crippen LogP contribution in [0.25, 0.3) is 0 Å². The fourth-order valence-electron chi connectivity index (χ4n) is 2.66. The Hall–Kier alpha value is -3.60. The predicted molar refractivity (Wildman–Crippen MR) is 113 cm³/mol. The molecule has 3 aromatic rings. The average molecular weight is 373 g/mol. The summed E-state index contributed by atoms with van der Waals surface area (Å²) in [5.41, 5.74) is 6.54. The van der Waals surface area contributed by atoms with Gasteiger partial charge >= 0.3 is 0 Å². The van der Waals surface area contributed by atoms with Crippen molar-refractivity contribution in [1.82, 2.24) is 5.43 Å². The number of carbonyl (C=O) groups excluding carboxylic acids is 1. The molecular weight excluding hydrogens is 350 g/mol.